The van der Waals surface area contributed by atoms with Gasteiger partial charge in [-0.15, -0.1) is 0 Å². The van der Waals surface area contributed by atoms with Crippen LogP contribution in [-0.2, 0) is 13.0 Å². The summed E-state index contributed by atoms with van der Waals surface area (Å²) in [7, 11) is 1.69. The molecule has 0 aliphatic heterocycles. The van der Waals surface area contributed by atoms with E-state index < -0.39 is 0 Å². The highest BCUT2D eigenvalue weighted by Gasteiger charge is 2.17. The quantitative estimate of drug-likeness (QED) is 0.821. The van der Waals surface area contributed by atoms with Crippen molar-refractivity contribution in [3.8, 4) is 5.75 Å². The van der Waals surface area contributed by atoms with Crippen molar-refractivity contribution in [3.63, 3.8) is 0 Å². The molecule has 0 saturated carbocycles. The Hall–Kier alpha value is -1.48. The van der Waals surface area contributed by atoms with Crippen LogP contribution >= 0.6 is 0 Å². The van der Waals surface area contributed by atoms with Crippen LogP contribution in [0.4, 0.5) is 0 Å². The van der Waals surface area contributed by atoms with Crippen LogP contribution in [0.15, 0.2) is 22.6 Å². The van der Waals surface area contributed by atoms with Crippen LogP contribution < -0.4 is 10.1 Å². The number of rotatable bonds is 7. The zero-order chi connectivity index (χ0) is 15.4. The van der Waals surface area contributed by atoms with E-state index in [4.69, 9.17) is 9.15 Å². The number of para-hydroxylation sites is 1. The highest BCUT2D eigenvalue weighted by Crippen LogP contribution is 2.34. The lowest BCUT2D eigenvalue weighted by molar-refractivity contribution is 0.404. The highest BCUT2D eigenvalue weighted by molar-refractivity contribution is 5.87. The van der Waals surface area contributed by atoms with Gasteiger partial charge in [-0.3, -0.25) is 0 Å². The van der Waals surface area contributed by atoms with Gasteiger partial charge in [0.25, 0.3) is 0 Å². The zero-order valence-corrected chi connectivity index (χ0v) is 13.8. The van der Waals surface area contributed by atoms with Gasteiger partial charge in [0.1, 0.15) is 5.76 Å². The maximum Gasteiger partial charge on any atom is 0.176 e. The van der Waals surface area contributed by atoms with Crippen molar-refractivity contribution >= 4 is 11.0 Å². The summed E-state index contributed by atoms with van der Waals surface area (Å²) in [6, 6.07) is 6.12. The topological polar surface area (TPSA) is 34.4 Å². The summed E-state index contributed by atoms with van der Waals surface area (Å²) in [5.41, 5.74) is 2.19. The van der Waals surface area contributed by atoms with E-state index in [1.54, 1.807) is 7.11 Å². The summed E-state index contributed by atoms with van der Waals surface area (Å²) < 4.78 is 11.5. The molecule has 1 aromatic heterocycles. The summed E-state index contributed by atoms with van der Waals surface area (Å²) >= 11 is 0. The largest absolute Gasteiger partial charge is 0.493 e. The first-order chi connectivity index (χ1) is 10.0. The molecule has 3 heteroatoms. The first-order valence-electron chi connectivity index (χ1n) is 7.80. The van der Waals surface area contributed by atoms with E-state index in [1.807, 2.05) is 12.1 Å². The SMILES string of the molecule is COc1cccc2c(CC(C)C)c(CNCC(C)C)oc12. The first-order valence-corrected chi connectivity index (χ1v) is 7.80. The fourth-order valence-corrected chi connectivity index (χ4v) is 2.60. The van der Waals surface area contributed by atoms with E-state index in [0.29, 0.717) is 11.8 Å². The molecule has 0 amide bonds. The minimum absolute atomic E-state index is 0.598. The average Bonchev–Trinajstić information content (AvgIpc) is 2.76. The molecule has 0 unspecified atom stereocenters. The Bertz CT molecular complexity index is 584. The van der Waals surface area contributed by atoms with Crippen LogP contribution in [0.3, 0.4) is 0 Å². The minimum Gasteiger partial charge on any atom is -0.493 e. The second-order valence-electron chi connectivity index (χ2n) is 6.46. The number of ether oxygens (including phenoxy) is 1. The van der Waals surface area contributed by atoms with Gasteiger partial charge in [0.2, 0.25) is 0 Å². The van der Waals surface area contributed by atoms with Gasteiger partial charge in [-0.2, -0.15) is 0 Å². The number of hydrogen-bond donors (Lipinski definition) is 1. The molecule has 0 saturated heterocycles. The van der Waals surface area contributed by atoms with Crippen LogP contribution in [0.1, 0.15) is 39.0 Å². The van der Waals surface area contributed by atoms with E-state index in [9.17, 15) is 0 Å². The average molecular weight is 289 g/mol. The van der Waals surface area contributed by atoms with E-state index in [0.717, 1.165) is 36.6 Å². The molecule has 1 N–H and O–H groups in total. The number of benzene rings is 1. The molecule has 2 rings (SSSR count). The summed E-state index contributed by atoms with van der Waals surface area (Å²) in [6.45, 7) is 10.7. The molecule has 1 aromatic carbocycles. The fourth-order valence-electron chi connectivity index (χ4n) is 2.60. The van der Waals surface area contributed by atoms with Crippen molar-refractivity contribution in [2.24, 2.45) is 11.8 Å². The Morgan fingerprint density at radius 1 is 1.14 bits per heavy atom. The standard InChI is InChI=1S/C18H27NO2/c1-12(2)9-15-14-7-6-8-16(20-5)18(14)21-17(15)11-19-10-13(3)4/h6-8,12-13,19H,9-11H2,1-5H3. The molecule has 2 aromatic rings. The van der Waals surface area contributed by atoms with Crippen molar-refractivity contribution < 1.29 is 9.15 Å². The molecule has 0 fully saturated rings. The van der Waals surface area contributed by atoms with Crippen LogP contribution in [0.25, 0.3) is 11.0 Å². The molecule has 0 spiro atoms. The summed E-state index contributed by atoms with van der Waals surface area (Å²) in [4.78, 5) is 0. The third kappa shape index (κ3) is 3.79. The molecule has 3 nitrogen and oxygen atoms in total. The van der Waals surface area contributed by atoms with Crippen molar-refractivity contribution in [1.82, 2.24) is 5.32 Å². The van der Waals surface area contributed by atoms with E-state index in [-0.39, 0.29) is 0 Å². The molecular weight excluding hydrogens is 262 g/mol. The normalized spacial score (nSPS) is 11.8. The monoisotopic (exact) mass is 289 g/mol. The van der Waals surface area contributed by atoms with Crippen molar-refractivity contribution in [2.45, 2.75) is 40.7 Å². The Morgan fingerprint density at radius 2 is 1.90 bits per heavy atom. The number of furan rings is 1. The van der Waals surface area contributed by atoms with Crippen LogP contribution in [0.5, 0.6) is 5.75 Å². The molecule has 0 aliphatic carbocycles. The molecule has 0 aliphatic rings. The molecule has 0 atom stereocenters. The van der Waals surface area contributed by atoms with E-state index in [1.165, 1.54) is 10.9 Å². The second-order valence-corrected chi connectivity index (χ2v) is 6.46. The van der Waals surface area contributed by atoms with E-state index in [2.05, 4.69) is 39.1 Å². The van der Waals surface area contributed by atoms with Gasteiger partial charge in [-0.25, -0.2) is 0 Å². The van der Waals surface area contributed by atoms with Crippen molar-refractivity contribution in [3.05, 3.63) is 29.5 Å². The predicted octanol–water partition coefficient (Wildman–Crippen LogP) is 4.39. The van der Waals surface area contributed by atoms with Gasteiger partial charge in [0, 0.05) is 10.9 Å². The lowest BCUT2D eigenvalue weighted by atomic mass is 9.99. The lowest BCUT2D eigenvalue weighted by Crippen LogP contribution is -2.19. The van der Waals surface area contributed by atoms with Gasteiger partial charge in [-0.05, 0) is 30.9 Å². The second kappa shape index (κ2) is 6.99. The van der Waals surface area contributed by atoms with Gasteiger partial charge in [0.15, 0.2) is 11.3 Å². The van der Waals surface area contributed by atoms with Gasteiger partial charge in [0.05, 0.1) is 13.7 Å². The maximum atomic E-state index is 6.12. The minimum atomic E-state index is 0.598. The number of methoxy groups -OCH3 is 1. The van der Waals surface area contributed by atoms with Crippen LogP contribution in [-0.4, -0.2) is 13.7 Å². The third-order valence-electron chi connectivity index (χ3n) is 3.54. The smallest absolute Gasteiger partial charge is 0.176 e. The Labute approximate surface area is 127 Å². The van der Waals surface area contributed by atoms with Crippen molar-refractivity contribution in [1.29, 1.82) is 0 Å². The molecule has 0 radical (unpaired) electrons. The molecule has 21 heavy (non-hydrogen) atoms. The molecular formula is C18H27NO2. The summed E-state index contributed by atoms with van der Waals surface area (Å²) in [5, 5.41) is 4.66. The number of nitrogens with one attached hydrogen (secondary N) is 1. The maximum absolute atomic E-state index is 6.12. The van der Waals surface area contributed by atoms with Crippen LogP contribution in [0.2, 0.25) is 0 Å². The molecule has 0 bridgehead atoms. The zero-order valence-electron chi connectivity index (χ0n) is 13.8. The first kappa shape index (κ1) is 15.9. The Morgan fingerprint density at radius 3 is 2.52 bits per heavy atom. The molecule has 116 valence electrons. The summed E-state index contributed by atoms with van der Waals surface area (Å²) in [6.07, 6.45) is 1.03. The van der Waals surface area contributed by atoms with Gasteiger partial charge < -0.3 is 14.5 Å². The third-order valence-corrected chi connectivity index (χ3v) is 3.54. The number of fused-ring (bicyclic) bond motifs is 1. The van der Waals surface area contributed by atoms with Gasteiger partial charge in [-0.1, -0.05) is 39.8 Å². The highest BCUT2D eigenvalue weighted by atomic mass is 16.5. The molecule has 1 heterocycles. The van der Waals surface area contributed by atoms with E-state index >= 15 is 0 Å². The Kier molecular flexibility index (Phi) is 5.29. The Balaban J connectivity index is 2.37. The predicted molar refractivity (Wildman–Crippen MR) is 87.9 cm³/mol. The summed E-state index contributed by atoms with van der Waals surface area (Å²) in [5.74, 6) is 3.09. The van der Waals surface area contributed by atoms with Gasteiger partial charge >= 0.3 is 0 Å². The number of hydrogen-bond acceptors (Lipinski definition) is 3. The van der Waals surface area contributed by atoms with Crippen LogP contribution in [0, 0.1) is 11.8 Å². The van der Waals surface area contributed by atoms with Crippen molar-refractivity contribution in [2.75, 3.05) is 13.7 Å². The fraction of sp³-hybridized carbons (Fsp3) is 0.556. The lowest BCUT2D eigenvalue weighted by Gasteiger charge is -2.09.